The quantitative estimate of drug-likeness (QED) is 0.483. The standard InChI is InChI=1S/C26H29N3O2/c1-29-12-11-20-14-22(13-19(24(20)29)8-7-17-5-3-2-4-6-17)28-25-23(26(30)31)15-21(16-27-25)18-9-10-18/h7-8,11-18H,2-6,9-10H2,1H3,(H,27,28)(H,30,31)/b8-7+. The van der Waals surface area contributed by atoms with Crippen LogP contribution in [0.5, 0.6) is 0 Å². The van der Waals surface area contributed by atoms with Gasteiger partial charge in [-0.05, 0) is 67.3 Å². The first-order valence-corrected chi connectivity index (χ1v) is 11.4. The number of nitrogens with zero attached hydrogens (tertiary/aromatic N) is 2. The Morgan fingerprint density at radius 1 is 1.16 bits per heavy atom. The van der Waals surface area contributed by atoms with Gasteiger partial charge in [0.1, 0.15) is 11.4 Å². The van der Waals surface area contributed by atoms with E-state index in [0.29, 0.717) is 17.7 Å². The zero-order valence-corrected chi connectivity index (χ0v) is 18.0. The molecule has 2 saturated carbocycles. The van der Waals surface area contributed by atoms with Crippen LogP contribution in [0.2, 0.25) is 0 Å². The molecule has 31 heavy (non-hydrogen) atoms. The normalized spacial score (nSPS) is 17.5. The molecule has 0 radical (unpaired) electrons. The highest BCUT2D eigenvalue weighted by Gasteiger charge is 2.26. The van der Waals surface area contributed by atoms with E-state index in [1.54, 1.807) is 6.07 Å². The maximum atomic E-state index is 11.9. The van der Waals surface area contributed by atoms with E-state index in [0.717, 1.165) is 35.0 Å². The summed E-state index contributed by atoms with van der Waals surface area (Å²) < 4.78 is 2.14. The highest BCUT2D eigenvalue weighted by atomic mass is 16.4. The third-order valence-corrected chi connectivity index (χ3v) is 6.65. The molecule has 2 aliphatic carbocycles. The number of carboxylic acid groups (broad SMARTS) is 1. The van der Waals surface area contributed by atoms with Crippen LogP contribution >= 0.6 is 0 Å². The van der Waals surface area contributed by atoms with Crippen molar-refractivity contribution < 1.29 is 9.90 Å². The third-order valence-electron chi connectivity index (χ3n) is 6.65. The van der Waals surface area contributed by atoms with Gasteiger partial charge in [0.15, 0.2) is 0 Å². The summed E-state index contributed by atoms with van der Waals surface area (Å²) in [5, 5.41) is 14.1. The average Bonchev–Trinajstić information content (AvgIpc) is 3.56. The predicted octanol–water partition coefficient (Wildman–Crippen LogP) is 6.49. The highest BCUT2D eigenvalue weighted by molar-refractivity contribution is 5.96. The Kier molecular flexibility index (Phi) is 5.26. The molecular formula is C26H29N3O2. The Morgan fingerprint density at radius 2 is 1.97 bits per heavy atom. The Morgan fingerprint density at radius 3 is 2.71 bits per heavy atom. The molecule has 1 aromatic carbocycles. The van der Waals surface area contributed by atoms with Crippen LogP contribution in [0, 0.1) is 5.92 Å². The van der Waals surface area contributed by atoms with E-state index in [1.165, 1.54) is 37.6 Å². The van der Waals surface area contributed by atoms with Crippen molar-refractivity contribution in [1.29, 1.82) is 0 Å². The number of aryl methyl sites for hydroxylation is 1. The molecule has 0 saturated heterocycles. The van der Waals surface area contributed by atoms with Gasteiger partial charge in [0, 0.05) is 36.1 Å². The Labute approximate surface area is 182 Å². The Balaban J connectivity index is 1.49. The van der Waals surface area contributed by atoms with E-state index in [1.807, 2.05) is 6.20 Å². The molecule has 5 rings (SSSR count). The second-order valence-corrected chi connectivity index (χ2v) is 9.06. The summed E-state index contributed by atoms with van der Waals surface area (Å²) in [4.78, 5) is 16.3. The lowest BCUT2D eigenvalue weighted by molar-refractivity contribution is 0.0697. The topological polar surface area (TPSA) is 67.2 Å². The van der Waals surface area contributed by atoms with Crippen molar-refractivity contribution in [3.05, 3.63) is 59.4 Å². The molecule has 5 nitrogen and oxygen atoms in total. The van der Waals surface area contributed by atoms with Crippen molar-refractivity contribution >= 4 is 34.5 Å². The summed E-state index contributed by atoms with van der Waals surface area (Å²) in [6.45, 7) is 0. The zero-order valence-electron chi connectivity index (χ0n) is 18.0. The molecule has 0 amide bonds. The van der Waals surface area contributed by atoms with E-state index in [4.69, 9.17) is 0 Å². The van der Waals surface area contributed by atoms with Crippen LogP contribution < -0.4 is 5.32 Å². The summed E-state index contributed by atoms with van der Waals surface area (Å²) in [6.07, 6.45) is 17.2. The molecule has 0 unspecified atom stereocenters. The zero-order chi connectivity index (χ0) is 21.4. The second kappa shape index (κ2) is 8.22. The van der Waals surface area contributed by atoms with Gasteiger partial charge in [0.05, 0.1) is 5.52 Å². The Hall–Kier alpha value is -3.08. The summed E-state index contributed by atoms with van der Waals surface area (Å²) >= 11 is 0. The number of allylic oxidation sites excluding steroid dienone is 1. The molecule has 160 valence electrons. The van der Waals surface area contributed by atoms with Crippen molar-refractivity contribution in [2.75, 3.05) is 5.32 Å². The monoisotopic (exact) mass is 415 g/mol. The summed E-state index contributed by atoms with van der Waals surface area (Å²) in [6, 6.07) is 8.04. The van der Waals surface area contributed by atoms with Crippen LogP contribution in [-0.4, -0.2) is 20.6 Å². The van der Waals surface area contributed by atoms with Crippen LogP contribution in [0.25, 0.3) is 17.0 Å². The molecule has 2 aliphatic rings. The molecule has 0 aliphatic heterocycles. The number of carboxylic acids is 1. The number of pyridine rings is 1. The second-order valence-electron chi connectivity index (χ2n) is 9.06. The number of aromatic nitrogens is 2. The number of anilines is 2. The van der Waals surface area contributed by atoms with Crippen LogP contribution in [0.15, 0.2) is 42.7 Å². The maximum absolute atomic E-state index is 11.9. The SMILES string of the molecule is Cn1ccc2cc(Nc3ncc(C4CC4)cc3C(=O)O)cc(/C=C/C3CCCCC3)c21. The molecule has 3 aromatic rings. The van der Waals surface area contributed by atoms with Crippen LogP contribution in [0.3, 0.4) is 0 Å². The van der Waals surface area contributed by atoms with Gasteiger partial charge in [-0.3, -0.25) is 0 Å². The first kappa shape index (κ1) is 19.9. The number of carbonyl (C=O) groups is 1. The summed E-state index contributed by atoms with van der Waals surface area (Å²) in [5.74, 6) is 0.567. The summed E-state index contributed by atoms with van der Waals surface area (Å²) in [7, 11) is 2.06. The number of benzene rings is 1. The number of hydrogen-bond donors (Lipinski definition) is 2. The van der Waals surface area contributed by atoms with E-state index in [-0.39, 0.29) is 5.56 Å². The largest absolute Gasteiger partial charge is 0.478 e. The molecular weight excluding hydrogens is 386 g/mol. The molecule has 0 atom stereocenters. The highest BCUT2D eigenvalue weighted by Crippen LogP contribution is 2.40. The number of fused-ring (bicyclic) bond motifs is 1. The van der Waals surface area contributed by atoms with Crippen LogP contribution in [0.1, 0.15) is 72.3 Å². The van der Waals surface area contributed by atoms with Crippen LogP contribution in [0.4, 0.5) is 11.5 Å². The van der Waals surface area contributed by atoms with Gasteiger partial charge in [-0.1, -0.05) is 31.4 Å². The average molecular weight is 416 g/mol. The van der Waals surface area contributed by atoms with E-state index >= 15 is 0 Å². The maximum Gasteiger partial charge on any atom is 0.339 e. The number of nitrogens with one attached hydrogen (secondary N) is 1. The molecule has 2 aromatic heterocycles. The van der Waals surface area contributed by atoms with E-state index in [2.05, 4.69) is 58.5 Å². The third kappa shape index (κ3) is 4.22. The van der Waals surface area contributed by atoms with Gasteiger partial charge in [0.2, 0.25) is 0 Å². The van der Waals surface area contributed by atoms with Crippen molar-refractivity contribution in [2.45, 2.75) is 50.9 Å². The number of hydrogen-bond acceptors (Lipinski definition) is 3. The Bertz CT molecular complexity index is 1150. The number of aromatic carboxylic acids is 1. The van der Waals surface area contributed by atoms with Crippen molar-refractivity contribution in [3.63, 3.8) is 0 Å². The lowest BCUT2D eigenvalue weighted by Crippen LogP contribution is -2.06. The van der Waals surface area contributed by atoms with Gasteiger partial charge in [-0.15, -0.1) is 0 Å². The van der Waals surface area contributed by atoms with E-state index < -0.39 is 5.97 Å². The van der Waals surface area contributed by atoms with Crippen molar-refractivity contribution in [3.8, 4) is 0 Å². The fourth-order valence-electron chi connectivity index (χ4n) is 4.77. The van der Waals surface area contributed by atoms with Gasteiger partial charge >= 0.3 is 5.97 Å². The molecule has 5 heteroatoms. The molecule has 2 fully saturated rings. The number of rotatable bonds is 6. The molecule has 0 spiro atoms. The predicted molar refractivity (Wildman–Crippen MR) is 125 cm³/mol. The van der Waals surface area contributed by atoms with Crippen molar-refractivity contribution in [2.24, 2.45) is 13.0 Å². The van der Waals surface area contributed by atoms with Gasteiger partial charge in [0.25, 0.3) is 0 Å². The molecule has 2 N–H and O–H groups in total. The molecule has 2 heterocycles. The fourth-order valence-corrected chi connectivity index (χ4v) is 4.77. The lowest BCUT2D eigenvalue weighted by Gasteiger charge is -2.18. The minimum absolute atomic E-state index is 0.233. The minimum Gasteiger partial charge on any atom is -0.478 e. The fraction of sp³-hybridized carbons (Fsp3) is 0.385. The summed E-state index contributed by atoms with van der Waals surface area (Å²) in [5.41, 5.74) is 4.45. The first-order valence-electron chi connectivity index (χ1n) is 11.4. The van der Waals surface area contributed by atoms with Crippen LogP contribution in [-0.2, 0) is 7.05 Å². The van der Waals surface area contributed by atoms with Gasteiger partial charge in [-0.2, -0.15) is 0 Å². The molecule has 0 bridgehead atoms. The van der Waals surface area contributed by atoms with Gasteiger partial charge in [-0.25, -0.2) is 9.78 Å². The smallest absolute Gasteiger partial charge is 0.339 e. The van der Waals surface area contributed by atoms with E-state index in [9.17, 15) is 9.90 Å². The minimum atomic E-state index is -0.948. The first-order chi connectivity index (χ1) is 15.1. The lowest BCUT2D eigenvalue weighted by atomic mass is 9.88. The van der Waals surface area contributed by atoms with Gasteiger partial charge < -0.3 is 15.0 Å². The van der Waals surface area contributed by atoms with Crippen molar-refractivity contribution in [1.82, 2.24) is 9.55 Å².